The van der Waals surface area contributed by atoms with E-state index in [4.69, 9.17) is 0 Å². The molecule has 0 bridgehead atoms. The molecule has 0 heterocycles. The predicted molar refractivity (Wildman–Crippen MR) is 78.6 cm³/mol. The molecule has 3 nitrogen and oxygen atoms in total. The van der Waals surface area contributed by atoms with Gasteiger partial charge in [-0.1, -0.05) is 47.0 Å². The van der Waals surface area contributed by atoms with Gasteiger partial charge in [-0.2, -0.15) is 0 Å². The smallest absolute Gasteiger partial charge is 0.211 e. The molecule has 0 aliphatic heterocycles. The molecule has 5 heteroatoms. The first-order valence-corrected chi connectivity index (χ1v) is 8.72. The number of alkyl halides is 1. The maximum atomic E-state index is 12.0. The molecule has 0 fully saturated rings. The van der Waals surface area contributed by atoms with Crippen LogP contribution in [0.25, 0.3) is 0 Å². The molecule has 1 aromatic rings. The SMILES string of the molecule is CCC(CCBr)CNS(=O)(=O)c1ccc(C)cc1. The lowest BCUT2D eigenvalue weighted by Gasteiger charge is -2.14. The Labute approximate surface area is 118 Å². The van der Waals surface area contributed by atoms with Gasteiger partial charge < -0.3 is 0 Å². The van der Waals surface area contributed by atoms with Crippen molar-refractivity contribution in [2.45, 2.75) is 31.6 Å². The number of nitrogens with one attached hydrogen (secondary N) is 1. The maximum Gasteiger partial charge on any atom is 0.240 e. The molecule has 1 rings (SSSR count). The highest BCUT2D eigenvalue weighted by Gasteiger charge is 2.15. The lowest BCUT2D eigenvalue weighted by Crippen LogP contribution is -2.29. The molecule has 0 saturated carbocycles. The predicted octanol–water partition coefficient (Wildman–Crippen LogP) is 3.08. The highest BCUT2D eigenvalue weighted by atomic mass is 79.9. The molecule has 1 unspecified atom stereocenters. The van der Waals surface area contributed by atoms with E-state index in [9.17, 15) is 8.42 Å². The molecule has 0 aromatic heterocycles. The van der Waals surface area contributed by atoms with E-state index in [1.54, 1.807) is 12.1 Å². The Hall–Kier alpha value is -0.390. The lowest BCUT2D eigenvalue weighted by molar-refractivity contribution is 0.483. The molecule has 0 saturated heterocycles. The van der Waals surface area contributed by atoms with E-state index in [0.29, 0.717) is 17.4 Å². The third-order valence-electron chi connectivity index (χ3n) is 2.99. The van der Waals surface area contributed by atoms with Crippen LogP contribution in [-0.4, -0.2) is 20.3 Å². The molecule has 0 amide bonds. The Morgan fingerprint density at radius 1 is 1.28 bits per heavy atom. The molecular weight excluding hydrogens is 314 g/mol. The summed E-state index contributed by atoms with van der Waals surface area (Å²) in [4.78, 5) is 0.335. The minimum absolute atomic E-state index is 0.335. The second-order valence-corrected chi connectivity index (χ2v) is 6.98. The van der Waals surface area contributed by atoms with E-state index in [1.165, 1.54) is 0 Å². The standard InChI is InChI=1S/C13H20BrNO2S/c1-3-12(8-9-14)10-15-18(16,17)13-6-4-11(2)5-7-13/h4-7,12,15H,3,8-10H2,1-2H3. The Kier molecular flexibility index (Phi) is 6.32. The average molecular weight is 334 g/mol. The lowest BCUT2D eigenvalue weighted by atomic mass is 10.0. The zero-order chi connectivity index (χ0) is 13.6. The van der Waals surface area contributed by atoms with Gasteiger partial charge in [-0.25, -0.2) is 13.1 Å². The van der Waals surface area contributed by atoms with Crippen LogP contribution >= 0.6 is 15.9 Å². The van der Waals surface area contributed by atoms with E-state index >= 15 is 0 Å². The van der Waals surface area contributed by atoms with Crippen LogP contribution in [0, 0.1) is 12.8 Å². The van der Waals surface area contributed by atoms with Gasteiger partial charge in [-0.05, 0) is 31.4 Å². The van der Waals surface area contributed by atoms with Crippen molar-refractivity contribution in [2.75, 3.05) is 11.9 Å². The summed E-state index contributed by atoms with van der Waals surface area (Å²) in [5, 5.41) is 0.901. The number of sulfonamides is 1. The number of halogens is 1. The summed E-state index contributed by atoms with van der Waals surface area (Å²) in [7, 11) is -3.37. The molecule has 1 aromatic carbocycles. The number of benzene rings is 1. The van der Waals surface area contributed by atoms with E-state index in [-0.39, 0.29) is 0 Å². The molecule has 1 N–H and O–H groups in total. The van der Waals surface area contributed by atoms with Gasteiger partial charge in [0.1, 0.15) is 0 Å². The highest BCUT2D eigenvalue weighted by Crippen LogP contribution is 2.13. The van der Waals surface area contributed by atoms with Gasteiger partial charge in [0.05, 0.1) is 4.90 Å². The Bertz CT molecular complexity index is 456. The van der Waals surface area contributed by atoms with Gasteiger partial charge in [0, 0.05) is 11.9 Å². The van der Waals surface area contributed by atoms with Crippen molar-refractivity contribution in [1.29, 1.82) is 0 Å². The van der Waals surface area contributed by atoms with E-state index in [1.807, 2.05) is 19.1 Å². The number of aryl methyl sites for hydroxylation is 1. The van der Waals surface area contributed by atoms with Gasteiger partial charge in [0.2, 0.25) is 10.0 Å². The normalized spacial score (nSPS) is 13.5. The van der Waals surface area contributed by atoms with E-state index in [0.717, 1.165) is 23.7 Å². The van der Waals surface area contributed by atoms with Gasteiger partial charge in [0.25, 0.3) is 0 Å². The molecule has 102 valence electrons. The summed E-state index contributed by atoms with van der Waals surface area (Å²) in [5.41, 5.74) is 1.06. The molecule has 0 aliphatic carbocycles. The highest BCUT2D eigenvalue weighted by molar-refractivity contribution is 9.09. The largest absolute Gasteiger partial charge is 0.240 e. The van der Waals surface area contributed by atoms with Crippen LogP contribution in [0.3, 0.4) is 0 Å². The maximum absolute atomic E-state index is 12.0. The quantitative estimate of drug-likeness (QED) is 0.779. The van der Waals surface area contributed by atoms with Gasteiger partial charge in [0.15, 0.2) is 0 Å². The van der Waals surface area contributed by atoms with Crippen LogP contribution in [0.15, 0.2) is 29.2 Å². The molecule has 18 heavy (non-hydrogen) atoms. The molecular formula is C13H20BrNO2S. The van der Waals surface area contributed by atoms with Gasteiger partial charge >= 0.3 is 0 Å². The first kappa shape index (κ1) is 15.7. The molecule has 1 atom stereocenters. The van der Waals surface area contributed by atoms with Crippen LogP contribution in [0.1, 0.15) is 25.3 Å². The zero-order valence-electron chi connectivity index (χ0n) is 10.8. The summed E-state index contributed by atoms with van der Waals surface area (Å²) < 4.78 is 26.8. The van der Waals surface area contributed by atoms with E-state index < -0.39 is 10.0 Å². The van der Waals surface area contributed by atoms with E-state index in [2.05, 4.69) is 27.6 Å². The Morgan fingerprint density at radius 3 is 2.39 bits per heavy atom. The van der Waals surface area contributed by atoms with Crippen molar-refractivity contribution in [3.05, 3.63) is 29.8 Å². The fourth-order valence-electron chi connectivity index (χ4n) is 1.63. The third kappa shape index (κ3) is 4.71. The van der Waals surface area contributed by atoms with Crippen LogP contribution in [0.4, 0.5) is 0 Å². The van der Waals surface area contributed by atoms with Gasteiger partial charge in [-0.3, -0.25) is 0 Å². The van der Waals surface area contributed by atoms with Crippen molar-refractivity contribution in [2.24, 2.45) is 5.92 Å². The van der Waals surface area contributed by atoms with Crippen molar-refractivity contribution in [1.82, 2.24) is 4.72 Å². The summed E-state index contributed by atoms with van der Waals surface area (Å²) >= 11 is 3.39. The topological polar surface area (TPSA) is 46.2 Å². The van der Waals surface area contributed by atoms with Crippen LogP contribution in [0.5, 0.6) is 0 Å². The second-order valence-electron chi connectivity index (χ2n) is 4.42. The summed E-state index contributed by atoms with van der Waals surface area (Å²) in [5.74, 6) is 0.379. The van der Waals surface area contributed by atoms with Crippen LogP contribution < -0.4 is 4.72 Å². The fraction of sp³-hybridized carbons (Fsp3) is 0.538. The summed E-state index contributed by atoms with van der Waals surface area (Å²) in [6.45, 7) is 4.51. The average Bonchev–Trinajstić information content (AvgIpc) is 2.35. The number of hydrogen-bond acceptors (Lipinski definition) is 2. The first-order valence-electron chi connectivity index (χ1n) is 6.12. The summed E-state index contributed by atoms with van der Waals surface area (Å²) in [6, 6.07) is 6.90. The first-order chi connectivity index (χ1) is 8.49. The number of hydrogen-bond donors (Lipinski definition) is 1. The van der Waals surface area contributed by atoms with Crippen LogP contribution in [0.2, 0.25) is 0 Å². The van der Waals surface area contributed by atoms with Crippen molar-refractivity contribution < 1.29 is 8.42 Å². The van der Waals surface area contributed by atoms with Crippen molar-refractivity contribution in [3.8, 4) is 0 Å². The second kappa shape index (κ2) is 7.26. The van der Waals surface area contributed by atoms with Gasteiger partial charge in [-0.15, -0.1) is 0 Å². The Morgan fingerprint density at radius 2 is 1.89 bits per heavy atom. The number of rotatable bonds is 7. The molecule has 0 aliphatic rings. The zero-order valence-corrected chi connectivity index (χ0v) is 13.2. The van der Waals surface area contributed by atoms with Crippen LogP contribution in [-0.2, 0) is 10.0 Å². The van der Waals surface area contributed by atoms with Crippen molar-refractivity contribution in [3.63, 3.8) is 0 Å². The minimum atomic E-state index is -3.37. The third-order valence-corrected chi connectivity index (χ3v) is 4.89. The monoisotopic (exact) mass is 333 g/mol. The molecule has 0 radical (unpaired) electrons. The molecule has 0 spiro atoms. The Balaban J connectivity index is 2.67. The minimum Gasteiger partial charge on any atom is -0.211 e. The fourth-order valence-corrected chi connectivity index (χ4v) is 3.40. The van der Waals surface area contributed by atoms with Crippen molar-refractivity contribution >= 4 is 26.0 Å². The summed E-state index contributed by atoms with van der Waals surface area (Å²) in [6.07, 6.45) is 1.95.